The van der Waals surface area contributed by atoms with Crippen LogP contribution in [-0.4, -0.2) is 19.9 Å². The Morgan fingerprint density at radius 1 is 1.32 bits per heavy atom. The second-order valence-electron chi connectivity index (χ2n) is 5.13. The SMILES string of the molecule is O=[N+]([O-])c1cc(S(=O)(=O)NCCC2=CCCCC2)ccc1Cl. The monoisotopic (exact) mass is 344 g/mol. The molecule has 1 aromatic rings. The number of benzene rings is 1. The molecule has 0 atom stereocenters. The van der Waals surface area contributed by atoms with E-state index in [0.29, 0.717) is 6.42 Å². The third-order valence-corrected chi connectivity index (χ3v) is 5.33. The van der Waals surface area contributed by atoms with E-state index >= 15 is 0 Å². The molecule has 8 heteroatoms. The van der Waals surface area contributed by atoms with Crippen molar-refractivity contribution >= 4 is 27.3 Å². The van der Waals surface area contributed by atoms with E-state index in [1.54, 1.807) is 0 Å². The van der Waals surface area contributed by atoms with Crippen LogP contribution in [0.4, 0.5) is 5.69 Å². The Balaban J connectivity index is 2.05. The van der Waals surface area contributed by atoms with Crippen LogP contribution in [0.1, 0.15) is 32.1 Å². The molecular weight excluding hydrogens is 328 g/mol. The molecule has 0 spiro atoms. The van der Waals surface area contributed by atoms with Crippen LogP contribution in [-0.2, 0) is 10.0 Å². The molecule has 0 saturated carbocycles. The topological polar surface area (TPSA) is 89.3 Å². The van der Waals surface area contributed by atoms with Crippen LogP contribution in [0.5, 0.6) is 0 Å². The minimum Gasteiger partial charge on any atom is -0.258 e. The summed E-state index contributed by atoms with van der Waals surface area (Å²) in [5.41, 5.74) is 0.843. The quantitative estimate of drug-likeness (QED) is 0.486. The summed E-state index contributed by atoms with van der Waals surface area (Å²) in [7, 11) is -3.77. The molecule has 0 bridgehead atoms. The van der Waals surface area contributed by atoms with Gasteiger partial charge < -0.3 is 0 Å². The number of hydrogen-bond donors (Lipinski definition) is 1. The molecule has 1 aliphatic rings. The van der Waals surface area contributed by atoms with E-state index in [0.717, 1.165) is 25.3 Å². The van der Waals surface area contributed by atoms with Gasteiger partial charge in [-0.15, -0.1) is 0 Å². The molecule has 22 heavy (non-hydrogen) atoms. The highest BCUT2D eigenvalue weighted by Crippen LogP contribution is 2.27. The highest BCUT2D eigenvalue weighted by atomic mass is 35.5. The van der Waals surface area contributed by atoms with E-state index in [1.165, 1.54) is 24.1 Å². The summed E-state index contributed by atoms with van der Waals surface area (Å²) in [5.74, 6) is 0. The predicted molar refractivity (Wildman–Crippen MR) is 84.5 cm³/mol. The molecule has 1 N–H and O–H groups in total. The zero-order valence-corrected chi connectivity index (χ0v) is 13.5. The van der Waals surface area contributed by atoms with Crippen molar-refractivity contribution in [1.82, 2.24) is 4.72 Å². The largest absolute Gasteiger partial charge is 0.289 e. The molecule has 0 heterocycles. The smallest absolute Gasteiger partial charge is 0.258 e. The van der Waals surface area contributed by atoms with E-state index in [9.17, 15) is 18.5 Å². The van der Waals surface area contributed by atoms with Gasteiger partial charge in [0.15, 0.2) is 0 Å². The molecule has 0 aromatic heterocycles. The summed E-state index contributed by atoms with van der Waals surface area (Å²) < 4.78 is 26.8. The van der Waals surface area contributed by atoms with Gasteiger partial charge in [0.25, 0.3) is 5.69 Å². The van der Waals surface area contributed by atoms with Gasteiger partial charge in [-0.25, -0.2) is 13.1 Å². The van der Waals surface area contributed by atoms with E-state index in [4.69, 9.17) is 11.6 Å². The maximum atomic E-state index is 12.2. The van der Waals surface area contributed by atoms with Crippen molar-refractivity contribution in [2.45, 2.75) is 37.0 Å². The van der Waals surface area contributed by atoms with Crippen LogP contribution < -0.4 is 4.72 Å². The number of halogens is 1. The third kappa shape index (κ3) is 4.28. The van der Waals surface area contributed by atoms with Crippen molar-refractivity contribution in [3.8, 4) is 0 Å². The van der Waals surface area contributed by atoms with Crippen LogP contribution in [0.25, 0.3) is 0 Å². The highest BCUT2D eigenvalue weighted by Gasteiger charge is 2.20. The number of sulfonamides is 1. The lowest BCUT2D eigenvalue weighted by Gasteiger charge is -2.13. The highest BCUT2D eigenvalue weighted by molar-refractivity contribution is 7.89. The molecule has 2 rings (SSSR count). The second kappa shape index (κ2) is 7.21. The molecule has 1 aliphatic carbocycles. The number of rotatable bonds is 6. The van der Waals surface area contributed by atoms with Gasteiger partial charge in [-0.2, -0.15) is 0 Å². The summed E-state index contributed by atoms with van der Waals surface area (Å²) in [6, 6.07) is 3.46. The van der Waals surface area contributed by atoms with Crippen molar-refractivity contribution in [3.05, 3.63) is 45.0 Å². The van der Waals surface area contributed by atoms with Gasteiger partial charge in [0.05, 0.1) is 9.82 Å². The van der Waals surface area contributed by atoms with Gasteiger partial charge in [-0.3, -0.25) is 10.1 Å². The van der Waals surface area contributed by atoms with E-state index in [-0.39, 0.29) is 16.5 Å². The summed E-state index contributed by atoms with van der Waals surface area (Å²) in [5, 5.41) is 10.7. The molecule has 0 radical (unpaired) electrons. The number of nitro benzene ring substituents is 1. The Labute approximate surface area is 134 Å². The molecule has 1 aromatic carbocycles. The molecule has 0 amide bonds. The first-order valence-electron chi connectivity index (χ1n) is 7.01. The van der Waals surface area contributed by atoms with Gasteiger partial charge in [-0.05, 0) is 44.2 Å². The van der Waals surface area contributed by atoms with Crippen LogP contribution >= 0.6 is 11.6 Å². The lowest BCUT2D eigenvalue weighted by molar-refractivity contribution is -0.384. The third-order valence-electron chi connectivity index (χ3n) is 3.55. The zero-order valence-electron chi connectivity index (χ0n) is 11.9. The lowest BCUT2D eigenvalue weighted by atomic mass is 9.97. The minimum atomic E-state index is -3.77. The average molecular weight is 345 g/mol. The van der Waals surface area contributed by atoms with Gasteiger partial charge in [-0.1, -0.05) is 23.3 Å². The molecule has 120 valence electrons. The van der Waals surface area contributed by atoms with E-state index in [1.807, 2.05) is 0 Å². The first-order valence-corrected chi connectivity index (χ1v) is 8.88. The molecule has 6 nitrogen and oxygen atoms in total. The van der Waals surface area contributed by atoms with Crippen molar-refractivity contribution in [2.75, 3.05) is 6.54 Å². The molecule has 0 saturated heterocycles. The minimum absolute atomic E-state index is 0.0867. The Kier molecular flexibility index (Phi) is 5.55. The Morgan fingerprint density at radius 3 is 2.73 bits per heavy atom. The fourth-order valence-corrected chi connectivity index (χ4v) is 3.60. The number of nitro groups is 1. The molecular formula is C14H17ClN2O4S. The van der Waals surface area contributed by atoms with Crippen LogP contribution in [0.3, 0.4) is 0 Å². The number of nitrogens with one attached hydrogen (secondary N) is 1. The van der Waals surface area contributed by atoms with Crippen LogP contribution in [0.2, 0.25) is 5.02 Å². The summed E-state index contributed by atoms with van der Waals surface area (Å²) >= 11 is 5.68. The van der Waals surface area contributed by atoms with Gasteiger partial charge >= 0.3 is 0 Å². The average Bonchev–Trinajstić information content (AvgIpc) is 2.48. The van der Waals surface area contributed by atoms with Crippen LogP contribution in [0.15, 0.2) is 34.7 Å². The van der Waals surface area contributed by atoms with Gasteiger partial charge in [0.2, 0.25) is 10.0 Å². The Bertz CT molecular complexity index is 701. The number of hydrogen-bond acceptors (Lipinski definition) is 4. The molecule has 0 unspecified atom stereocenters. The van der Waals surface area contributed by atoms with Crippen molar-refractivity contribution in [2.24, 2.45) is 0 Å². The predicted octanol–water partition coefficient (Wildman–Crippen LogP) is 3.42. The molecule has 0 aliphatic heterocycles. The maximum absolute atomic E-state index is 12.2. The Hall–Kier alpha value is -1.44. The zero-order chi connectivity index (χ0) is 16.2. The van der Waals surface area contributed by atoms with Crippen molar-refractivity contribution in [3.63, 3.8) is 0 Å². The Morgan fingerprint density at radius 2 is 2.09 bits per heavy atom. The summed E-state index contributed by atoms with van der Waals surface area (Å²) in [6.45, 7) is 0.282. The second-order valence-corrected chi connectivity index (χ2v) is 7.30. The standard InChI is InChI=1S/C14H17ClN2O4S/c15-13-7-6-12(10-14(13)17(18)19)22(20,21)16-9-8-11-4-2-1-3-5-11/h4,6-7,10,16H,1-3,5,8-9H2. The van der Waals surface area contributed by atoms with E-state index in [2.05, 4.69) is 10.8 Å². The lowest BCUT2D eigenvalue weighted by Crippen LogP contribution is -2.25. The maximum Gasteiger partial charge on any atom is 0.289 e. The van der Waals surface area contributed by atoms with Crippen molar-refractivity contribution in [1.29, 1.82) is 0 Å². The first-order chi connectivity index (χ1) is 10.4. The fraction of sp³-hybridized carbons (Fsp3) is 0.429. The van der Waals surface area contributed by atoms with E-state index < -0.39 is 20.6 Å². The fourth-order valence-electron chi connectivity index (χ4n) is 2.36. The first kappa shape index (κ1) is 16.9. The van der Waals surface area contributed by atoms with Crippen LogP contribution in [0, 0.1) is 10.1 Å². The van der Waals surface area contributed by atoms with Crippen molar-refractivity contribution < 1.29 is 13.3 Å². The van der Waals surface area contributed by atoms with Gasteiger partial charge in [0.1, 0.15) is 5.02 Å². The summed E-state index contributed by atoms with van der Waals surface area (Å²) in [6.07, 6.45) is 7.20. The number of nitrogens with zero attached hydrogens (tertiary/aromatic N) is 1. The number of allylic oxidation sites excluding steroid dienone is 1. The normalized spacial score (nSPS) is 15.4. The molecule has 0 fully saturated rings. The van der Waals surface area contributed by atoms with Gasteiger partial charge in [0, 0.05) is 12.6 Å². The summed E-state index contributed by atoms with van der Waals surface area (Å²) in [4.78, 5) is 9.97.